The highest BCUT2D eigenvalue weighted by Gasteiger charge is 2.16. The molecule has 0 radical (unpaired) electrons. The summed E-state index contributed by atoms with van der Waals surface area (Å²) in [6, 6.07) is 15.5. The zero-order valence-corrected chi connectivity index (χ0v) is 18.5. The van der Waals surface area contributed by atoms with E-state index < -0.39 is 0 Å². The molecule has 1 N–H and O–H groups in total. The molecule has 0 fully saturated rings. The van der Waals surface area contributed by atoms with Crippen molar-refractivity contribution in [3.05, 3.63) is 70.7 Å². The van der Waals surface area contributed by atoms with Crippen molar-refractivity contribution in [1.29, 1.82) is 0 Å². The summed E-state index contributed by atoms with van der Waals surface area (Å²) in [5.41, 5.74) is 2.88. The Morgan fingerprint density at radius 2 is 1.97 bits per heavy atom. The smallest absolute Gasteiger partial charge is 0.244 e. The maximum absolute atomic E-state index is 12.5. The summed E-state index contributed by atoms with van der Waals surface area (Å²) in [7, 11) is 1.60. The third-order valence-corrected chi connectivity index (χ3v) is 5.91. The molecule has 1 heterocycles. The number of aromatic nitrogens is 1. The number of nitrogens with one attached hydrogen (secondary N) is 1. The summed E-state index contributed by atoms with van der Waals surface area (Å²) >= 11 is 1.61. The van der Waals surface area contributed by atoms with Gasteiger partial charge in [0.05, 0.1) is 30.3 Å². The average Bonchev–Trinajstić information content (AvgIpc) is 3.15. The Kier molecular flexibility index (Phi) is 7.25. The van der Waals surface area contributed by atoms with Gasteiger partial charge in [0.15, 0.2) is 11.5 Å². The number of carbonyl (C=O) groups is 1. The van der Waals surface area contributed by atoms with Gasteiger partial charge in [0, 0.05) is 11.6 Å². The largest absolute Gasteiger partial charge is 0.493 e. The molecule has 3 aromatic rings. The van der Waals surface area contributed by atoms with Gasteiger partial charge < -0.3 is 14.8 Å². The van der Waals surface area contributed by atoms with E-state index in [1.165, 1.54) is 6.08 Å². The molecule has 0 spiro atoms. The zero-order chi connectivity index (χ0) is 21.5. The van der Waals surface area contributed by atoms with Gasteiger partial charge in [-0.3, -0.25) is 4.79 Å². The van der Waals surface area contributed by atoms with E-state index in [4.69, 9.17) is 9.47 Å². The first-order chi connectivity index (χ1) is 14.5. The predicted octanol–water partition coefficient (Wildman–Crippen LogP) is 5.42. The van der Waals surface area contributed by atoms with Crippen LogP contribution in [-0.2, 0) is 4.79 Å². The molecular weight excluding hydrogens is 396 g/mol. The van der Waals surface area contributed by atoms with Gasteiger partial charge in [-0.2, -0.15) is 0 Å². The number of aryl methyl sites for hydroxylation is 1. The van der Waals surface area contributed by atoms with Crippen LogP contribution in [0.25, 0.3) is 16.6 Å². The molecule has 0 saturated heterocycles. The van der Waals surface area contributed by atoms with Crippen LogP contribution in [-0.4, -0.2) is 24.6 Å². The summed E-state index contributed by atoms with van der Waals surface area (Å²) in [6.45, 7) is 6.41. The lowest BCUT2D eigenvalue weighted by molar-refractivity contribution is -0.117. The fourth-order valence-corrected chi connectivity index (χ4v) is 4.15. The highest BCUT2D eigenvalue weighted by molar-refractivity contribution is 7.15. The van der Waals surface area contributed by atoms with Crippen molar-refractivity contribution in [3.8, 4) is 22.1 Å². The van der Waals surface area contributed by atoms with Gasteiger partial charge in [-0.15, -0.1) is 11.3 Å². The van der Waals surface area contributed by atoms with Gasteiger partial charge in [0.1, 0.15) is 5.01 Å². The van der Waals surface area contributed by atoms with Crippen LogP contribution in [0.2, 0.25) is 0 Å². The highest BCUT2D eigenvalue weighted by Crippen LogP contribution is 2.32. The van der Waals surface area contributed by atoms with Gasteiger partial charge in [-0.25, -0.2) is 4.98 Å². The van der Waals surface area contributed by atoms with E-state index in [0.29, 0.717) is 18.1 Å². The fourth-order valence-electron chi connectivity index (χ4n) is 3.08. The molecule has 156 valence electrons. The van der Waals surface area contributed by atoms with E-state index in [1.807, 2.05) is 69.3 Å². The van der Waals surface area contributed by atoms with E-state index in [-0.39, 0.29) is 11.9 Å². The van der Waals surface area contributed by atoms with Gasteiger partial charge >= 0.3 is 0 Å². The Hall–Kier alpha value is -3.12. The second kappa shape index (κ2) is 10.1. The number of hydrogen-bond donors (Lipinski definition) is 1. The molecule has 1 unspecified atom stereocenters. The lowest BCUT2D eigenvalue weighted by atomic mass is 10.2. The van der Waals surface area contributed by atoms with Gasteiger partial charge in [-0.05, 0) is 44.5 Å². The van der Waals surface area contributed by atoms with E-state index >= 15 is 0 Å². The van der Waals surface area contributed by atoms with Crippen molar-refractivity contribution < 1.29 is 14.3 Å². The van der Waals surface area contributed by atoms with Crippen LogP contribution in [0, 0.1) is 6.92 Å². The number of methoxy groups -OCH3 is 1. The SMILES string of the molecule is CCOc1cc(C=CC(=O)NC(C)c2sc(-c3ccccc3)nc2C)ccc1OC. The molecule has 3 rings (SSSR count). The van der Waals surface area contributed by atoms with Crippen LogP contribution in [0.15, 0.2) is 54.6 Å². The predicted molar refractivity (Wildman–Crippen MR) is 122 cm³/mol. The lowest BCUT2D eigenvalue weighted by Crippen LogP contribution is -2.24. The maximum atomic E-state index is 12.5. The molecule has 1 atom stereocenters. The molecule has 0 bridgehead atoms. The molecule has 0 aliphatic heterocycles. The van der Waals surface area contributed by atoms with Gasteiger partial charge in [0.2, 0.25) is 5.91 Å². The van der Waals surface area contributed by atoms with Crippen molar-refractivity contribution in [1.82, 2.24) is 10.3 Å². The van der Waals surface area contributed by atoms with Gasteiger partial charge in [0.25, 0.3) is 0 Å². The Morgan fingerprint density at radius 1 is 1.20 bits per heavy atom. The van der Waals surface area contributed by atoms with Crippen LogP contribution in [0.1, 0.15) is 36.0 Å². The van der Waals surface area contributed by atoms with Crippen molar-refractivity contribution in [3.63, 3.8) is 0 Å². The third kappa shape index (κ3) is 5.27. The Bertz CT molecular complexity index is 1030. The Morgan fingerprint density at radius 3 is 2.67 bits per heavy atom. The minimum Gasteiger partial charge on any atom is -0.493 e. The molecule has 1 amide bonds. The lowest BCUT2D eigenvalue weighted by Gasteiger charge is -2.11. The second-order valence-electron chi connectivity index (χ2n) is 6.74. The second-order valence-corrected chi connectivity index (χ2v) is 7.77. The molecule has 0 aliphatic rings. The fraction of sp³-hybridized carbons (Fsp3) is 0.250. The summed E-state index contributed by atoms with van der Waals surface area (Å²) in [4.78, 5) is 18.2. The monoisotopic (exact) mass is 422 g/mol. The van der Waals surface area contributed by atoms with E-state index in [0.717, 1.165) is 26.7 Å². The molecular formula is C24H26N2O3S. The minimum absolute atomic E-state index is 0.132. The topological polar surface area (TPSA) is 60.5 Å². The van der Waals surface area contributed by atoms with Crippen LogP contribution in [0.5, 0.6) is 11.5 Å². The summed E-state index contributed by atoms with van der Waals surface area (Å²) in [5, 5.41) is 3.98. The van der Waals surface area contributed by atoms with E-state index in [9.17, 15) is 4.79 Å². The minimum atomic E-state index is -0.162. The molecule has 2 aromatic carbocycles. The third-order valence-electron chi connectivity index (χ3n) is 4.52. The van der Waals surface area contributed by atoms with Crippen LogP contribution in [0.3, 0.4) is 0 Å². The first-order valence-corrected chi connectivity index (χ1v) is 10.7. The van der Waals surface area contributed by atoms with Gasteiger partial charge in [-0.1, -0.05) is 36.4 Å². The van der Waals surface area contributed by atoms with Crippen LogP contribution in [0.4, 0.5) is 0 Å². The first kappa shape index (κ1) is 21.6. The van der Waals surface area contributed by atoms with E-state index in [1.54, 1.807) is 24.5 Å². The highest BCUT2D eigenvalue weighted by atomic mass is 32.1. The number of nitrogens with zero attached hydrogens (tertiary/aromatic N) is 1. The standard InChI is InChI=1S/C24H26N2O3S/c1-5-29-21-15-18(11-13-20(21)28-4)12-14-22(27)25-16(2)23-17(3)26-24(30-23)19-9-7-6-8-10-19/h6-16H,5H2,1-4H3,(H,25,27). The number of rotatable bonds is 8. The average molecular weight is 423 g/mol. The normalized spacial score (nSPS) is 12.0. The number of benzene rings is 2. The number of carbonyl (C=O) groups excluding carboxylic acids is 1. The maximum Gasteiger partial charge on any atom is 0.244 e. The molecule has 0 aliphatic carbocycles. The van der Waals surface area contributed by atoms with Crippen LogP contribution >= 0.6 is 11.3 Å². The number of thiazole rings is 1. The Labute approximate surface area is 181 Å². The Balaban J connectivity index is 1.68. The zero-order valence-electron chi connectivity index (χ0n) is 17.6. The van der Waals surface area contributed by atoms with Crippen molar-refractivity contribution in [2.45, 2.75) is 26.8 Å². The first-order valence-electron chi connectivity index (χ1n) is 9.84. The molecule has 1 aromatic heterocycles. The molecule has 30 heavy (non-hydrogen) atoms. The molecule has 6 heteroatoms. The molecule has 5 nitrogen and oxygen atoms in total. The summed E-state index contributed by atoms with van der Waals surface area (Å²) in [6.07, 6.45) is 3.29. The summed E-state index contributed by atoms with van der Waals surface area (Å²) in [5.74, 6) is 1.16. The van der Waals surface area contributed by atoms with E-state index in [2.05, 4.69) is 10.3 Å². The quantitative estimate of drug-likeness (QED) is 0.493. The number of hydrogen-bond acceptors (Lipinski definition) is 5. The van der Waals surface area contributed by atoms with Crippen molar-refractivity contribution in [2.75, 3.05) is 13.7 Å². The van der Waals surface area contributed by atoms with Crippen molar-refractivity contribution in [2.24, 2.45) is 0 Å². The number of amides is 1. The number of ether oxygens (including phenoxy) is 2. The summed E-state index contributed by atoms with van der Waals surface area (Å²) < 4.78 is 10.9. The van der Waals surface area contributed by atoms with Crippen molar-refractivity contribution >= 4 is 23.3 Å². The molecule has 0 saturated carbocycles. The van der Waals surface area contributed by atoms with Crippen LogP contribution < -0.4 is 14.8 Å².